The lowest BCUT2D eigenvalue weighted by molar-refractivity contribution is 0.0691. The van der Waals surface area contributed by atoms with Gasteiger partial charge in [-0.3, -0.25) is 4.72 Å². The van der Waals surface area contributed by atoms with Gasteiger partial charge in [-0.05, 0) is 36.4 Å². The minimum atomic E-state index is -4.15. The molecule has 0 aliphatic heterocycles. The SMILES string of the molecule is O=C(O)c1cc(S(=O)(=O)Nc2cc(Cl)ccc2Cl)ccc1F. The zero-order valence-corrected chi connectivity index (χ0v) is 13.0. The number of hydrogen-bond donors (Lipinski definition) is 2. The third-order valence-electron chi connectivity index (χ3n) is 2.65. The predicted octanol–water partition coefficient (Wildman–Crippen LogP) is 3.63. The van der Waals surface area contributed by atoms with Crippen molar-refractivity contribution in [1.29, 1.82) is 0 Å². The van der Waals surface area contributed by atoms with Crippen LogP contribution in [0.4, 0.5) is 10.1 Å². The first-order chi connectivity index (χ1) is 10.2. The molecule has 22 heavy (non-hydrogen) atoms. The average Bonchev–Trinajstić information content (AvgIpc) is 2.42. The second kappa shape index (κ2) is 6.12. The van der Waals surface area contributed by atoms with Crippen LogP contribution in [0.15, 0.2) is 41.3 Å². The Morgan fingerprint density at radius 3 is 2.45 bits per heavy atom. The predicted molar refractivity (Wildman–Crippen MR) is 80.6 cm³/mol. The van der Waals surface area contributed by atoms with Crippen molar-refractivity contribution in [2.24, 2.45) is 0 Å². The molecule has 0 saturated heterocycles. The Balaban J connectivity index is 2.45. The molecule has 116 valence electrons. The molecule has 0 heterocycles. The van der Waals surface area contributed by atoms with E-state index in [1.807, 2.05) is 0 Å². The van der Waals surface area contributed by atoms with Gasteiger partial charge in [0.25, 0.3) is 10.0 Å². The van der Waals surface area contributed by atoms with E-state index in [1.165, 1.54) is 18.2 Å². The van der Waals surface area contributed by atoms with Crippen molar-refractivity contribution in [3.8, 4) is 0 Å². The first-order valence-electron chi connectivity index (χ1n) is 5.71. The third-order valence-corrected chi connectivity index (χ3v) is 4.58. The molecule has 5 nitrogen and oxygen atoms in total. The minimum absolute atomic E-state index is 0.0235. The van der Waals surface area contributed by atoms with E-state index in [0.717, 1.165) is 18.2 Å². The lowest BCUT2D eigenvalue weighted by Gasteiger charge is -2.10. The number of carboxylic acids is 1. The Hall–Kier alpha value is -1.83. The van der Waals surface area contributed by atoms with E-state index in [2.05, 4.69) is 4.72 Å². The van der Waals surface area contributed by atoms with Crippen LogP contribution in [0.3, 0.4) is 0 Å². The highest BCUT2D eigenvalue weighted by Crippen LogP contribution is 2.28. The zero-order chi connectivity index (χ0) is 16.5. The summed E-state index contributed by atoms with van der Waals surface area (Å²) in [5, 5.41) is 9.19. The number of nitrogens with one attached hydrogen (secondary N) is 1. The summed E-state index contributed by atoms with van der Waals surface area (Å²) in [5.74, 6) is -2.61. The van der Waals surface area contributed by atoms with Gasteiger partial charge in [0.2, 0.25) is 0 Å². The summed E-state index contributed by atoms with van der Waals surface area (Å²) in [6.45, 7) is 0. The van der Waals surface area contributed by atoms with Crippen LogP contribution in [0, 0.1) is 5.82 Å². The molecule has 0 saturated carbocycles. The molecule has 9 heteroatoms. The first kappa shape index (κ1) is 16.5. The molecule has 0 aliphatic carbocycles. The summed E-state index contributed by atoms with van der Waals surface area (Å²) in [6, 6.07) is 6.60. The Morgan fingerprint density at radius 2 is 1.82 bits per heavy atom. The summed E-state index contributed by atoms with van der Waals surface area (Å²) >= 11 is 11.6. The number of halogens is 3. The number of carboxylic acid groups (broad SMARTS) is 1. The zero-order valence-electron chi connectivity index (χ0n) is 10.7. The fourth-order valence-corrected chi connectivity index (χ4v) is 3.10. The molecular weight excluding hydrogens is 356 g/mol. The van der Waals surface area contributed by atoms with Gasteiger partial charge >= 0.3 is 5.97 Å². The number of anilines is 1. The Labute approximate surface area is 135 Å². The molecule has 0 fully saturated rings. The van der Waals surface area contributed by atoms with Crippen LogP contribution in [0.25, 0.3) is 0 Å². The standard InChI is InChI=1S/C13H8Cl2FNO4S/c14-7-1-3-10(15)12(5-7)17-22(20,21)8-2-4-11(16)9(6-8)13(18)19/h1-6,17H,(H,18,19). The van der Waals surface area contributed by atoms with Crippen molar-refractivity contribution in [1.82, 2.24) is 0 Å². The van der Waals surface area contributed by atoms with Gasteiger partial charge in [0.1, 0.15) is 5.82 Å². The van der Waals surface area contributed by atoms with E-state index in [4.69, 9.17) is 28.3 Å². The van der Waals surface area contributed by atoms with Gasteiger partial charge in [0.05, 0.1) is 21.2 Å². The number of sulfonamides is 1. The molecule has 0 radical (unpaired) electrons. The number of hydrogen-bond acceptors (Lipinski definition) is 3. The minimum Gasteiger partial charge on any atom is -0.478 e. The van der Waals surface area contributed by atoms with Gasteiger partial charge < -0.3 is 5.11 Å². The highest BCUT2D eigenvalue weighted by molar-refractivity contribution is 7.92. The van der Waals surface area contributed by atoms with Crippen LogP contribution in [-0.2, 0) is 10.0 Å². The van der Waals surface area contributed by atoms with E-state index in [0.29, 0.717) is 0 Å². The van der Waals surface area contributed by atoms with E-state index >= 15 is 0 Å². The number of benzene rings is 2. The molecule has 2 aromatic carbocycles. The lowest BCUT2D eigenvalue weighted by Crippen LogP contribution is -2.14. The van der Waals surface area contributed by atoms with E-state index < -0.39 is 32.3 Å². The number of rotatable bonds is 4. The van der Waals surface area contributed by atoms with Crippen LogP contribution in [-0.4, -0.2) is 19.5 Å². The van der Waals surface area contributed by atoms with Crippen molar-refractivity contribution < 1.29 is 22.7 Å². The topological polar surface area (TPSA) is 83.5 Å². The van der Waals surface area contributed by atoms with Crippen LogP contribution in [0.1, 0.15) is 10.4 Å². The lowest BCUT2D eigenvalue weighted by atomic mass is 10.2. The fourth-order valence-electron chi connectivity index (χ4n) is 1.61. The molecule has 0 aliphatic rings. The van der Waals surface area contributed by atoms with Crippen LogP contribution >= 0.6 is 23.2 Å². The molecule has 0 spiro atoms. The van der Waals surface area contributed by atoms with Crippen molar-refractivity contribution in [3.63, 3.8) is 0 Å². The van der Waals surface area contributed by atoms with Gasteiger partial charge in [-0.1, -0.05) is 23.2 Å². The third kappa shape index (κ3) is 3.49. The van der Waals surface area contributed by atoms with Gasteiger partial charge in [-0.2, -0.15) is 0 Å². The molecular formula is C13H8Cl2FNO4S. The smallest absolute Gasteiger partial charge is 0.338 e. The normalized spacial score (nSPS) is 11.2. The second-order valence-electron chi connectivity index (χ2n) is 4.18. The van der Waals surface area contributed by atoms with Gasteiger partial charge in [-0.25, -0.2) is 17.6 Å². The molecule has 0 aromatic heterocycles. The Bertz CT molecular complexity index is 855. The largest absolute Gasteiger partial charge is 0.478 e. The molecule has 0 bridgehead atoms. The van der Waals surface area contributed by atoms with E-state index in [9.17, 15) is 17.6 Å². The first-order valence-corrected chi connectivity index (χ1v) is 7.95. The van der Waals surface area contributed by atoms with Crippen molar-refractivity contribution in [2.45, 2.75) is 4.90 Å². The quantitative estimate of drug-likeness (QED) is 0.868. The van der Waals surface area contributed by atoms with Crippen molar-refractivity contribution in [3.05, 3.63) is 57.8 Å². The summed E-state index contributed by atoms with van der Waals surface area (Å²) in [7, 11) is -4.15. The maximum absolute atomic E-state index is 13.3. The molecule has 0 atom stereocenters. The Morgan fingerprint density at radius 1 is 1.14 bits per heavy atom. The van der Waals surface area contributed by atoms with E-state index in [-0.39, 0.29) is 15.7 Å². The van der Waals surface area contributed by atoms with Crippen molar-refractivity contribution in [2.75, 3.05) is 4.72 Å². The maximum Gasteiger partial charge on any atom is 0.338 e. The van der Waals surface area contributed by atoms with Crippen LogP contribution in [0.5, 0.6) is 0 Å². The summed E-state index contributed by atoms with van der Waals surface area (Å²) in [4.78, 5) is 10.4. The Kier molecular flexibility index (Phi) is 4.60. The monoisotopic (exact) mass is 363 g/mol. The van der Waals surface area contributed by atoms with Crippen LogP contribution < -0.4 is 4.72 Å². The maximum atomic E-state index is 13.3. The number of aromatic carboxylic acids is 1. The van der Waals surface area contributed by atoms with E-state index in [1.54, 1.807) is 0 Å². The summed E-state index contributed by atoms with van der Waals surface area (Å²) in [5.41, 5.74) is -0.726. The second-order valence-corrected chi connectivity index (χ2v) is 6.70. The average molecular weight is 364 g/mol. The number of carbonyl (C=O) groups is 1. The summed E-state index contributed by atoms with van der Waals surface area (Å²) in [6.07, 6.45) is 0. The molecule has 2 rings (SSSR count). The van der Waals surface area contributed by atoms with Crippen molar-refractivity contribution >= 4 is 44.9 Å². The molecule has 0 unspecified atom stereocenters. The fraction of sp³-hybridized carbons (Fsp3) is 0. The van der Waals surface area contributed by atoms with Gasteiger partial charge in [0.15, 0.2) is 0 Å². The highest BCUT2D eigenvalue weighted by atomic mass is 35.5. The molecule has 2 aromatic rings. The highest BCUT2D eigenvalue weighted by Gasteiger charge is 2.20. The van der Waals surface area contributed by atoms with Gasteiger partial charge in [0, 0.05) is 5.02 Å². The van der Waals surface area contributed by atoms with Gasteiger partial charge in [-0.15, -0.1) is 0 Å². The summed E-state index contributed by atoms with van der Waals surface area (Å²) < 4.78 is 39.9. The molecule has 0 amide bonds. The van der Waals surface area contributed by atoms with Crippen LogP contribution in [0.2, 0.25) is 10.0 Å². The molecule has 2 N–H and O–H groups in total.